The van der Waals surface area contributed by atoms with Gasteiger partial charge in [-0.25, -0.2) is 0 Å². The predicted molar refractivity (Wildman–Crippen MR) is 86.6 cm³/mol. The number of carbonyl (C=O) groups excluding carboxylic acids is 1. The van der Waals surface area contributed by atoms with Crippen LogP contribution in [0.5, 0.6) is 0 Å². The van der Waals surface area contributed by atoms with E-state index in [0.29, 0.717) is 11.4 Å². The Balaban J connectivity index is 0.000000258. The SMILES string of the molecule is Fc1c[c-]c(-c2ccccn2)c(F)c1.[CH2-]OC(=O)c1cccc[n+]1[CH2-].[Ir+3]. The van der Waals surface area contributed by atoms with E-state index in [-0.39, 0.29) is 25.7 Å². The van der Waals surface area contributed by atoms with Gasteiger partial charge in [-0.3, -0.25) is 13.6 Å². The van der Waals surface area contributed by atoms with Gasteiger partial charge >= 0.3 is 26.1 Å². The van der Waals surface area contributed by atoms with Crippen LogP contribution < -0.4 is 4.57 Å². The summed E-state index contributed by atoms with van der Waals surface area (Å²) in [5.41, 5.74) is 1.01. The molecule has 0 spiro atoms. The summed E-state index contributed by atoms with van der Waals surface area (Å²) in [4.78, 5) is 14.8. The molecule has 0 fully saturated rings. The third-order valence-corrected chi connectivity index (χ3v) is 3.06. The van der Waals surface area contributed by atoms with Crippen molar-refractivity contribution in [1.29, 1.82) is 0 Å². The average Bonchev–Trinajstić information content (AvgIpc) is 2.63. The van der Waals surface area contributed by atoms with Crippen molar-refractivity contribution in [3.05, 3.63) is 98.5 Å². The van der Waals surface area contributed by atoms with Crippen molar-refractivity contribution < 1.29 is 43.0 Å². The number of rotatable bonds is 2. The number of esters is 1. The molecule has 4 nitrogen and oxygen atoms in total. The number of aromatic nitrogens is 2. The van der Waals surface area contributed by atoms with E-state index in [1.807, 2.05) is 0 Å². The van der Waals surface area contributed by atoms with Crippen molar-refractivity contribution in [3.63, 3.8) is 0 Å². The number of hydrogen-bond donors (Lipinski definition) is 0. The van der Waals surface area contributed by atoms with Gasteiger partial charge < -0.3 is 14.3 Å². The van der Waals surface area contributed by atoms with Crippen LogP contribution >= 0.6 is 0 Å². The Bertz CT molecular complexity index is 861. The second-order valence-electron chi connectivity index (χ2n) is 4.74. The van der Waals surface area contributed by atoms with E-state index in [4.69, 9.17) is 0 Å². The van der Waals surface area contributed by atoms with Gasteiger partial charge in [-0.15, -0.1) is 12.1 Å². The predicted octanol–water partition coefficient (Wildman–Crippen LogP) is 3.39. The van der Waals surface area contributed by atoms with Crippen LogP contribution in [0, 0.1) is 31.9 Å². The molecule has 0 bridgehead atoms. The third kappa shape index (κ3) is 5.72. The number of pyridine rings is 2. The molecule has 0 saturated heterocycles. The van der Waals surface area contributed by atoms with Crippen LogP contribution in [-0.4, -0.2) is 11.0 Å². The average molecular weight is 533 g/mol. The Kier molecular flexibility index (Phi) is 8.55. The van der Waals surface area contributed by atoms with E-state index in [2.05, 4.69) is 29.9 Å². The van der Waals surface area contributed by atoms with E-state index in [1.54, 1.807) is 48.8 Å². The van der Waals surface area contributed by atoms with Gasteiger partial charge in [0.25, 0.3) is 0 Å². The first-order chi connectivity index (χ1) is 12.0. The summed E-state index contributed by atoms with van der Waals surface area (Å²) >= 11 is 0. The molecule has 0 saturated carbocycles. The Labute approximate surface area is 163 Å². The maximum Gasteiger partial charge on any atom is 3.00 e. The fraction of sp³-hybridized carbons (Fsp3) is 0. The topological polar surface area (TPSA) is 43.1 Å². The second kappa shape index (κ2) is 10.4. The van der Waals surface area contributed by atoms with E-state index in [1.165, 1.54) is 4.57 Å². The molecule has 3 rings (SSSR count). The molecule has 0 radical (unpaired) electrons. The number of carbonyl (C=O) groups is 1. The van der Waals surface area contributed by atoms with Gasteiger partial charge in [0.2, 0.25) is 0 Å². The second-order valence-corrected chi connectivity index (χ2v) is 4.74. The Morgan fingerprint density at radius 2 is 1.92 bits per heavy atom. The number of ether oxygens (including phenoxy) is 1. The smallest absolute Gasteiger partial charge is 0.642 e. The monoisotopic (exact) mass is 533 g/mol. The quantitative estimate of drug-likeness (QED) is 0.289. The van der Waals surface area contributed by atoms with Crippen molar-refractivity contribution in [2.75, 3.05) is 0 Å². The summed E-state index contributed by atoms with van der Waals surface area (Å²) < 4.78 is 31.5. The van der Waals surface area contributed by atoms with Gasteiger partial charge in [0.05, 0.1) is 6.20 Å². The molecule has 0 atom stereocenters. The van der Waals surface area contributed by atoms with Gasteiger partial charge in [0, 0.05) is 24.9 Å². The maximum atomic E-state index is 13.2. The molecule has 0 amide bonds. The molecule has 0 aliphatic rings. The van der Waals surface area contributed by atoms with Crippen LogP contribution in [0.25, 0.3) is 11.3 Å². The van der Waals surface area contributed by atoms with E-state index in [9.17, 15) is 13.6 Å². The summed E-state index contributed by atoms with van der Waals surface area (Å²) in [5, 5.41) is 0. The van der Waals surface area contributed by atoms with Crippen molar-refractivity contribution in [2.45, 2.75) is 0 Å². The Hall–Kier alpha value is -2.63. The number of nitrogens with zero attached hydrogens (tertiary/aromatic N) is 2. The van der Waals surface area contributed by atoms with Crippen LogP contribution in [0.15, 0.2) is 60.9 Å². The fourth-order valence-corrected chi connectivity index (χ4v) is 1.89. The van der Waals surface area contributed by atoms with Gasteiger partial charge in [0.15, 0.2) is 5.69 Å². The first-order valence-electron chi connectivity index (χ1n) is 7.09. The maximum absolute atomic E-state index is 13.2. The zero-order valence-corrected chi connectivity index (χ0v) is 15.9. The zero-order chi connectivity index (χ0) is 18.2. The third-order valence-electron chi connectivity index (χ3n) is 3.06. The molecule has 26 heavy (non-hydrogen) atoms. The molecule has 0 aliphatic heterocycles. The zero-order valence-electron chi connectivity index (χ0n) is 13.5. The molecular formula is C19H14F2IrN2O2+. The van der Waals surface area contributed by atoms with Gasteiger partial charge in [-0.1, -0.05) is 35.9 Å². The van der Waals surface area contributed by atoms with Crippen molar-refractivity contribution >= 4 is 5.97 Å². The summed E-state index contributed by atoms with van der Waals surface area (Å²) in [7, 11) is 6.59. The van der Waals surface area contributed by atoms with Crippen LogP contribution in [-0.2, 0) is 24.8 Å². The van der Waals surface area contributed by atoms with Crippen LogP contribution in [0.2, 0.25) is 0 Å². The molecule has 0 N–H and O–H groups in total. The minimum Gasteiger partial charge on any atom is -0.642 e. The van der Waals surface area contributed by atoms with Crippen molar-refractivity contribution in [2.24, 2.45) is 0 Å². The standard InChI is InChI=1S/C11H6F2N.C8H8NO2.Ir/c12-8-4-5-9(10(13)7-8)11-3-1-2-6-14-11;1-9-6-4-3-5-7(9)8(10)11-2;/h1-4,6-7H;3-6H,1-2H2;/q2*-1;+3. The largest absolute Gasteiger partial charge is 3.00 e. The molecule has 134 valence electrons. The summed E-state index contributed by atoms with van der Waals surface area (Å²) in [6, 6.07) is 14.6. The first-order valence-corrected chi connectivity index (χ1v) is 7.09. The summed E-state index contributed by atoms with van der Waals surface area (Å²) in [6.07, 6.45) is 3.21. The normalized spacial score (nSPS) is 9.35. The van der Waals surface area contributed by atoms with Crippen LogP contribution in [0.4, 0.5) is 8.78 Å². The van der Waals surface area contributed by atoms with E-state index in [0.717, 1.165) is 12.1 Å². The molecule has 3 aromatic rings. The molecular weight excluding hydrogens is 518 g/mol. The fourth-order valence-electron chi connectivity index (χ4n) is 1.89. The number of hydrogen-bond acceptors (Lipinski definition) is 3. The number of benzene rings is 1. The van der Waals surface area contributed by atoms with E-state index >= 15 is 0 Å². The van der Waals surface area contributed by atoms with Crippen LogP contribution in [0.1, 0.15) is 10.5 Å². The van der Waals surface area contributed by atoms with Gasteiger partial charge in [-0.2, -0.15) is 7.11 Å². The molecule has 0 unspecified atom stereocenters. The molecule has 2 heterocycles. The first kappa shape index (κ1) is 21.4. The van der Waals surface area contributed by atoms with Gasteiger partial charge in [-0.05, 0) is 17.8 Å². The Morgan fingerprint density at radius 3 is 2.50 bits per heavy atom. The van der Waals surface area contributed by atoms with Crippen molar-refractivity contribution in [1.82, 2.24) is 4.98 Å². The summed E-state index contributed by atoms with van der Waals surface area (Å²) in [5.74, 6) is -1.77. The molecule has 2 aromatic heterocycles. The molecule has 0 aliphatic carbocycles. The van der Waals surface area contributed by atoms with Crippen molar-refractivity contribution in [3.8, 4) is 11.3 Å². The Morgan fingerprint density at radius 1 is 1.19 bits per heavy atom. The molecule has 1 aromatic carbocycles. The van der Waals surface area contributed by atoms with Crippen LogP contribution in [0.3, 0.4) is 0 Å². The molecule has 7 heteroatoms. The minimum atomic E-state index is -0.649. The minimum absolute atomic E-state index is 0. The summed E-state index contributed by atoms with van der Waals surface area (Å²) in [6.45, 7) is 0. The van der Waals surface area contributed by atoms with Gasteiger partial charge in [0.1, 0.15) is 0 Å². The number of halogens is 2. The van der Waals surface area contributed by atoms with E-state index < -0.39 is 17.6 Å².